The normalized spacial score (nSPS) is 11.3. The van der Waals surface area contributed by atoms with Crippen molar-refractivity contribution in [2.75, 3.05) is 7.11 Å². The van der Waals surface area contributed by atoms with Crippen LogP contribution in [0.1, 0.15) is 16.2 Å². The summed E-state index contributed by atoms with van der Waals surface area (Å²) in [5.74, 6) is -0.312. The van der Waals surface area contributed by atoms with Crippen molar-refractivity contribution >= 4 is 27.6 Å². The summed E-state index contributed by atoms with van der Waals surface area (Å²) in [6, 6.07) is 12.4. The molecule has 0 amide bonds. The van der Waals surface area contributed by atoms with Crippen molar-refractivity contribution in [3.63, 3.8) is 0 Å². The zero-order valence-electron chi connectivity index (χ0n) is 14.0. The van der Waals surface area contributed by atoms with E-state index in [4.69, 9.17) is 16.1 Å². The van der Waals surface area contributed by atoms with E-state index in [0.717, 1.165) is 0 Å². The molecule has 0 aliphatic carbocycles. The van der Waals surface area contributed by atoms with E-state index in [9.17, 15) is 13.2 Å². The molecule has 1 N–H and O–H groups in total. The number of nitrogens with one attached hydrogen (secondary N) is 1. The minimum Gasteiger partial charge on any atom is -0.465 e. The van der Waals surface area contributed by atoms with Crippen molar-refractivity contribution in [3.05, 3.63) is 65.0 Å². The van der Waals surface area contributed by atoms with E-state index in [1.54, 1.807) is 24.3 Å². The molecule has 0 radical (unpaired) electrons. The monoisotopic (exact) mass is 407 g/mol. The number of methoxy groups -OCH3 is 1. The van der Waals surface area contributed by atoms with Crippen molar-refractivity contribution in [1.82, 2.24) is 14.9 Å². The third-order valence-corrected chi connectivity index (χ3v) is 5.29. The summed E-state index contributed by atoms with van der Waals surface area (Å²) in [5.41, 5.74) is 0.696. The molecule has 8 nitrogen and oxygen atoms in total. The van der Waals surface area contributed by atoms with Crippen LogP contribution in [-0.2, 0) is 21.3 Å². The van der Waals surface area contributed by atoms with Gasteiger partial charge in [0.05, 0.1) is 29.1 Å². The number of aromatic nitrogens is 2. The van der Waals surface area contributed by atoms with Gasteiger partial charge in [0.1, 0.15) is 0 Å². The fourth-order valence-electron chi connectivity index (χ4n) is 2.23. The number of hydrogen-bond donors (Lipinski definition) is 1. The first-order chi connectivity index (χ1) is 12.9. The summed E-state index contributed by atoms with van der Waals surface area (Å²) < 4.78 is 36.9. The average molecular weight is 408 g/mol. The Morgan fingerprint density at radius 2 is 2.00 bits per heavy atom. The number of nitrogens with zero attached hydrogens (tertiary/aromatic N) is 2. The number of halogens is 1. The Morgan fingerprint density at radius 1 is 1.22 bits per heavy atom. The molecule has 0 unspecified atom stereocenters. The molecule has 3 aromatic rings. The minimum atomic E-state index is -3.90. The van der Waals surface area contributed by atoms with Gasteiger partial charge in [0.15, 0.2) is 0 Å². The number of rotatable bonds is 6. The number of benzene rings is 2. The van der Waals surface area contributed by atoms with Crippen LogP contribution in [-0.4, -0.2) is 31.6 Å². The molecule has 0 saturated heterocycles. The lowest BCUT2D eigenvalue weighted by Crippen LogP contribution is -2.23. The van der Waals surface area contributed by atoms with E-state index in [1.807, 2.05) is 0 Å². The van der Waals surface area contributed by atoms with Gasteiger partial charge in [-0.2, -0.15) is 4.98 Å². The molecule has 1 aromatic heterocycles. The quantitative estimate of drug-likeness (QED) is 0.625. The number of sulfonamides is 1. The van der Waals surface area contributed by atoms with Gasteiger partial charge in [-0.25, -0.2) is 17.9 Å². The van der Waals surface area contributed by atoms with Gasteiger partial charge in [-0.1, -0.05) is 35.0 Å². The summed E-state index contributed by atoms with van der Waals surface area (Å²) in [6.07, 6.45) is 0. The molecule has 0 aliphatic heterocycles. The fraction of sp³-hybridized carbons (Fsp3) is 0.118. The molecule has 10 heteroatoms. The highest BCUT2D eigenvalue weighted by molar-refractivity contribution is 7.89. The van der Waals surface area contributed by atoms with Gasteiger partial charge in [-0.3, -0.25) is 0 Å². The summed E-state index contributed by atoms with van der Waals surface area (Å²) in [4.78, 5) is 15.6. The average Bonchev–Trinajstić information content (AvgIpc) is 3.15. The number of carbonyl (C=O) groups is 1. The zero-order chi connectivity index (χ0) is 19.4. The largest absolute Gasteiger partial charge is 0.465 e. The Hall–Kier alpha value is -2.75. The Morgan fingerprint density at radius 3 is 2.74 bits per heavy atom. The molecule has 27 heavy (non-hydrogen) atoms. The topological polar surface area (TPSA) is 111 Å². The molecule has 0 saturated carbocycles. The van der Waals surface area contributed by atoms with E-state index in [2.05, 4.69) is 19.6 Å². The summed E-state index contributed by atoms with van der Waals surface area (Å²) in [5, 5.41) is 4.25. The third-order valence-electron chi connectivity index (χ3n) is 3.56. The minimum absolute atomic E-state index is 0.0672. The second-order valence-electron chi connectivity index (χ2n) is 5.34. The molecule has 3 rings (SSSR count). The van der Waals surface area contributed by atoms with Crippen molar-refractivity contribution < 1.29 is 22.5 Å². The van der Waals surface area contributed by atoms with Crippen molar-refractivity contribution in [3.8, 4) is 11.4 Å². The van der Waals surface area contributed by atoms with Gasteiger partial charge in [0, 0.05) is 5.56 Å². The van der Waals surface area contributed by atoms with Gasteiger partial charge < -0.3 is 9.26 Å². The number of carbonyl (C=O) groups excluding carboxylic acids is 1. The first kappa shape index (κ1) is 19.0. The molecule has 0 bridgehead atoms. The van der Waals surface area contributed by atoms with Crippen molar-refractivity contribution in [2.45, 2.75) is 11.4 Å². The van der Waals surface area contributed by atoms with Gasteiger partial charge in [-0.05, 0) is 30.3 Å². The predicted octanol–water partition coefficient (Wildman–Crippen LogP) is 2.66. The predicted molar refractivity (Wildman–Crippen MR) is 96.6 cm³/mol. The molecular weight excluding hydrogens is 394 g/mol. The zero-order valence-corrected chi connectivity index (χ0v) is 15.6. The van der Waals surface area contributed by atoms with Gasteiger partial charge in [0.2, 0.25) is 21.7 Å². The first-order valence-electron chi connectivity index (χ1n) is 7.66. The van der Waals surface area contributed by atoms with Crippen LogP contribution in [0.3, 0.4) is 0 Å². The fourth-order valence-corrected chi connectivity index (χ4v) is 3.47. The molecule has 0 spiro atoms. The second-order valence-corrected chi connectivity index (χ2v) is 7.51. The molecular formula is C17H14ClN3O5S. The lowest BCUT2D eigenvalue weighted by Gasteiger charge is -2.06. The van der Waals surface area contributed by atoms with E-state index in [0.29, 0.717) is 10.6 Å². The summed E-state index contributed by atoms with van der Waals surface area (Å²) >= 11 is 6.08. The van der Waals surface area contributed by atoms with Crippen LogP contribution in [0.5, 0.6) is 0 Å². The van der Waals surface area contributed by atoms with E-state index >= 15 is 0 Å². The highest BCUT2D eigenvalue weighted by atomic mass is 35.5. The smallest absolute Gasteiger partial charge is 0.337 e. The molecule has 0 fully saturated rings. The Kier molecular flexibility index (Phi) is 5.54. The van der Waals surface area contributed by atoms with Crippen LogP contribution in [0.4, 0.5) is 0 Å². The lowest BCUT2D eigenvalue weighted by molar-refractivity contribution is 0.0600. The van der Waals surface area contributed by atoms with Crippen LogP contribution in [0.15, 0.2) is 57.9 Å². The molecule has 0 atom stereocenters. The number of hydrogen-bond acceptors (Lipinski definition) is 7. The standard InChI is InChI=1S/C17H14ClN3O5S/c1-25-17(22)11-5-4-6-12(9-11)27(23,24)19-10-15-20-16(21-26-15)13-7-2-3-8-14(13)18/h2-9,19H,10H2,1H3. The second kappa shape index (κ2) is 7.87. The van der Waals surface area contributed by atoms with Crippen LogP contribution in [0, 0.1) is 0 Å². The van der Waals surface area contributed by atoms with Gasteiger partial charge in [-0.15, -0.1) is 0 Å². The van der Waals surface area contributed by atoms with Crippen molar-refractivity contribution in [2.24, 2.45) is 0 Å². The Balaban J connectivity index is 1.75. The van der Waals surface area contributed by atoms with Crippen molar-refractivity contribution in [1.29, 1.82) is 0 Å². The Labute approximate surface area is 160 Å². The molecule has 0 aliphatic rings. The molecule has 1 heterocycles. The van der Waals surface area contributed by atoms with E-state index < -0.39 is 16.0 Å². The van der Waals surface area contributed by atoms with Crippen LogP contribution >= 0.6 is 11.6 Å². The maximum absolute atomic E-state index is 12.4. The highest BCUT2D eigenvalue weighted by Crippen LogP contribution is 2.24. The van der Waals surface area contributed by atoms with Gasteiger partial charge >= 0.3 is 5.97 Å². The Bertz CT molecular complexity index is 1080. The van der Waals surface area contributed by atoms with E-state index in [1.165, 1.54) is 31.4 Å². The molecule has 140 valence electrons. The first-order valence-corrected chi connectivity index (χ1v) is 9.52. The maximum Gasteiger partial charge on any atom is 0.337 e. The number of ether oxygens (including phenoxy) is 1. The number of esters is 1. The SMILES string of the molecule is COC(=O)c1cccc(S(=O)(=O)NCc2nc(-c3ccccc3Cl)no2)c1. The maximum atomic E-state index is 12.4. The molecule has 2 aromatic carbocycles. The lowest BCUT2D eigenvalue weighted by atomic mass is 10.2. The van der Waals surface area contributed by atoms with Crippen LogP contribution in [0.25, 0.3) is 11.4 Å². The summed E-state index contributed by atoms with van der Waals surface area (Å²) in [7, 11) is -2.68. The van der Waals surface area contributed by atoms with E-state index in [-0.39, 0.29) is 28.7 Å². The highest BCUT2D eigenvalue weighted by Gasteiger charge is 2.18. The van der Waals surface area contributed by atoms with Gasteiger partial charge in [0.25, 0.3) is 0 Å². The van der Waals surface area contributed by atoms with Crippen LogP contribution < -0.4 is 4.72 Å². The third kappa shape index (κ3) is 4.33. The summed E-state index contributed by atoms with van der Waals surface area (Å²) in [6.45, 7) is -0.220. The van der Waals surface area contributed by atoms with Crippen LogP contribution in [0.2, 0.25) is 5.02 Å².